The summed E-state index contributed by atoms with van der Waals surface area (Å²) >= 11 is 1.60. The maximum Gasteiger partial charge on any atom is 0.246 e. The minimum absolute atomic E-state index is 0.0139. The zero-order valence-electron chi connectivity index (χ0n) is 8.30. The monoisotopic (exact) mass is 223 g/mol. The molecule has 1 aromatic rings. The van der Waals surface area contributed by atoms with Gasteiger partial charge in [-0.15, -0.1) is 11.3 Å². The van der Waals surface area contributed by atoms with Crippen molar-refractivity contribution < 1.29 is 9.90 Å². The molecule has 1 atom stereocenters. The summed E-state index contributed by atoms with van der Waals surface area (Å²) < 4.78 is 0. The highest BCUT2D eigenvalue weighted by Crippen LogP contribution is 2.12. The molecule has 0 bridgehead atoms. The predicted molar refractivity (Wildman–Crippen MR) is 60.6 cm³/mol. The van der Waals surface area contributed by atoms with Crippen molar-refractivity contribution >= 4 is 23.3 Å². The molecule has 0 radical (unpaired) electrons. The number of carbonyl (C=O) groups is 1. The Morgan fingerprint density at radius 1 is 1.67 bits per heavy atom. The second-order valence-corrected chi connectivity index (χ2v) is 4.55. The van der Waals surface area contributed by atoms with Crippen LogP contribution in [0.2, 0.25) is 0 Å². The molecule has 1 saturated heterocycles. The highest BCUT2D eigenvalue weighted by Gasteiger charge is 2.22. The number of hydrogen-bond acceptors (Lipinski definition) is 3. The predicted octanol–water partition coefficient (Wildman–Crippen LogP) is 1.35. The Bertz CT molecular complexity index is 359. The van der Waals surface area contributed by atoms with Crippen LogP contribution in [0.5, 0.6) is 0 Å². The average Bonchev–Trinajstić information content (AvgIpc) is 2.84. The molecular formula is C11H13NO2S. The van der Waals surface area contributed by atoms with Gasteiger partial charge in [0.2, 0.25) is 5.91 Å². The molecule has 1 amide bonds. The summed E-state index contributed by atoms with van der Waals surface area (Å²) in [7, 11) is 0. The molecule has 1 aliphatic heterocycles. The summed E-state index contributed by atoms with van der Waals surface area (Å²) in [4.78, 5) is 14.4. The van der Waals surface area contributed by atoms with Gasteiger partial charge in [0.25, 0.3) is 0 Å². The highest BCUT2D eigenvalue weighted by molar-refractivity contribution is 7.10. The van der Waals surface area contributed by atoms with Crippen LogP contribution in [0.1, 0.15) is 11.3 Å². The topological polar surface area (TPSA) is 40.5 Å². The van der Waals surface area contributed by atoms with Crippen LogP contribution in [0.25, 0.3) is 6.08 Å². The van der Waals surface area contributed by atoms with Crippen LogP contribution < -0.4 is 0 Å². The number of β-amino-alcohol motifs (C(OH)–C–C–N with tert-alkyl or cyclic N) is 1. The number of nitrogens with zero attached hydrogens (tertiary/aromatic N) is 1. The summed E-state index contributed by atoms with van der Waals surface area (Å²) in [6.07, 6.45) is 3.74. The van der Waals surface area contributed by atoms with Crippen LogP contribution in [0.15, 0.2) is 23.6 Å². The highest BCUT2D eigenvalue weighted by atomic mass is 32.1. The molecule has 15 heavy (non-hydrogen) atoms. The Kier molecular flexibility index (Phi) is 3.18. The van der Waals surface area contributed by atoms with Gasteiger partial charge in [0, 0.05) is 24.0 Å². The first-order valence-corrected chi connectivity index (χ1v) is 5.82. The van der Waals surface area contributed by atoms with Gasteiger partial charge in [0.15, 0.2) is 0 Å². The van der Waals surface area contributed by atoms with Crippen LogP contribution >= 0.6 is 11.3 Å². The summed E-state index contributed by atoms with van der Waals surface area (Å²) in [5, 5.41) is 11.3. The Morgan fingerprint density at radius 2 is 2.53 bits per heavy atom. The SMILES string of the molecule is O=C(C=Cc1cccs1)N1CC[C@@H](O)C1. The fourth-order valence-electron chi connectivity index (χ4n) is 1.59. The van der Waals surface area contributed by atoms with Crippen molar-refractivity contribution in [1.29, 1.82) is 0 Å². The van der Waals surface area contributed by atoms with Crippen molar-refractivity contribution in [3.63, 3.8) is 0 Å². The van der Waals surface area contributed by atoms with Crippen molar-refractivity contribution in [2.75, 3.05) is 13.1 Å². The summed E-state index contributed by atoms with van der Waals surface area (Å²) in [6.45, 7) is 1.13. The zero-order chi connectivity index (χ0) is 10.7. The Balaban J connectivity index is 1.92. The molecule has 2 rings (SSSR count). The Labute approximate surface area is 92.6 Å². The van der Waals surface area contributed by atoms with E-state index >= 15 is 0 Å². The molecule has 0 unspecified atom stereocenters. The summed E-state index contributed by atoms with van der Waals surface area (Å²) in [6, 6.07) is 3.92. The lowest BCUT2D eigenvalue weighted by Gasteiger charge is -2.11. The molecule has 4 heteroatoms. The number of amides is 1. The molecule has 80 valence electrons. The second kappa shape index (κ2) is 4.59. The second-order valence-electron chi connectivity index (χ2n) is 3.58. The average molecular weight is 223 g/mol. The van der Waals surface area contributed by atoms with Gasteiger partial charge in [-0.1, -0.05) is 6.07 Å². The number of thiophene rings is 1. The van der Waals surface area contributed by atoms with Crippen molar-refractivity contribution in [3.05, 3.63) is 28.5 Å². The minimum Gasteiger partial charge on any atom is -0.391 e. The van der Waals surface area contributed by atoms with E-state index in [0.717, 1.165) is 4.88 Å². The van der Waals surface area contributed by atoms with E-state index in [4.69, 9.17) is 0 Å². The third-order valence-corrected chi connectivity index (χ3v) is 3.25. The first-order valence-electron chi connectivity index (χ1n) is 4.94. The minimum atomic E-state index is -0.343. The fraction of sp³-hybridized carbons (Fsp3) is 0.364. The quantitative estimate of drug-likeness (QED) is 0.769. The number of likely N-dealkylation sites (tertiary alicyclic amines) is 1. The maximum absolute atomic E-state index is 11.6. The lowest BCUT2D eigenvalue weighted by atomic mass is 10.3. The van der Waals surface area contributed by atoms with Crippen molar-refractivity contribution in [2.45, 2.75) is 12.5 Å². The number of carbonyl (C=O) groups excluding carboxylic acids is 1. The normalized spacial score (nSPS) is 21.4. The molecule has 3 nitrogen and oxygen atoms in total. The Hall–Kier alpha value is -1.13. The third kappa shape index (κ3) is 2.67. The number of aliphatic hydroxyl groups excluding tert-OH is 1. The van der Waals surface area contributed by atoms with Gasteiger partial charge in [-0.3, -0.25) is 4.79 Å². The fourth-order valence-corrected chi connectivity index (χ4v) is 2.20. The van der Waals surface area contributed by atoms with Crippen molar-refractivity contribution in [3.8, 4) is 0 Å². The van der Waals surface area contributed by atoms with Crippen LogP contribution in [0.3, 0.4) is 0 Å². The number of aliphatic hydroxyl groups is 1. The number of rotatable bonds is 2. The van der Waals surface area contributed by atoms with Gasteiger partial charge in [-0.25, -0.2) is 0 Å². The molecule has 2 heterocycles. The van der Waals surface area contributed by atoms with Gasteiger partial charge in [0.1, 0.15) is 0 Å². The largest absolute Gasteiger partial charge is 0.391 e. The molecule has 1 aliphatic rings. The molecule has 0 spiro atoms. The molecule has 0 aliphatic carbocycles. The lowest BCUT2D eigenvalue weighted by molar-refractivity contribution is -0.125. The molecule has 1 fully saturated rings. The molecule has 0 aromatic carbocycles. The van der Waals surface area contributed by atoms with E-state index in [2.05, 4.69) is 0 Å². The van der Waals surface area contributed by atoms with E-state index in [1.54, 1.807) is 22.3 Å². The standard InChI is InChI=1S/C11H13NO2S/c13-9-5-6-12(8-9)11(14)4-3-10-2-1-7-15-10/h1-4,7,9,13H,5-6,8H2/t9-/m1/s1. The van der Waals surface area contributed by atoms with Crippen LogP contribution in [-0.4, -0.2) is 35.1 Å². The van der Waals surface area contributed by atoms with E-state index in [9.17, 15) is 9.90 Å². The van der Waals surface area contributed by atoms with Gasteiger partial charge >= 0.3 is 0 Å². The van der Waals surface area contributed by atoms with Crippen LogP contribution in [-0.2, 0) is 4.79 Å². The lowest BCUT2D eigenvalue weighted by Crippen LogP contribution is -2.27. The smallest absolute Gasteiger partial charge is 0.246 e. The van der Waals surface area contributed by atoms with E-state index < -0.39 is 0 Å². The van der Waals surface area contributed by atoms with Gasteiger partial charge < -0.3 is 10.0 Å². The summed E-state index contributed by atoms with van der Waals surface area (Å²) in [5.74, 6) is -0.0139. The molecule has 1 aromatic heterocycles. The van der Waals surface area contributed by atoms with Gasteiger partial charge in [0.05, 0.1) is 6.10 Å². The van der Waals surface area contributed by atoms with Crippen LogP contribution in [0, 0.1) is 0 Å². The Morgan fingerprint density at radius 3 is 3.13 bits per heavy atom. The van der Waals surface area contributed by atoms with Crippen molar-refractivity contribution in [1.82, 2.24) is 4.90 Å². The van der Waals surface area contributed by atoms with Gasteiger partial charge in [-0.2, -0.15) is 0 Å². The number of hydrogen-bond donors (Lipinski definition) is 1. The first kappa shape index (κ1) is 10.4. The summed E-state index contributed by atoms with van der Waals surface area (Å²) in [5.41, 5.74) is 0. The third-order valence-electron chi connectivity index (χ3n) is 2.41. The van der Waals surface area contributed by atoms with Crippen LogP contribution in [0.4, 0.5) is 0 Å². The van der Waals surface area contributed by atoms with E-state index in [-0.39, 0.29) is 12.0 Å². The molecule has 1 N–H and O–H groups in total. The van der Waals surface area contributed by atoms with E-state index in [0.29, 0.717) is 19.5 Å². The zero-order valence-corrected chi connectivity index (χ0v) is 9.11. The van der Waals surface area contributed by atoms with Gasteiger partial charge in [-0.05, 0) is 23.9 Å². The molecule has 0 saturated carbocycles. The first-order chi connectivity index (χ1) is 7.25. The van der Waals surface area contributed by atoms with E-state index in [1.165, 1.54) is 0 Å². The molecular weight excluding hydrogens is 210 g/mol. The van der Waals surface area contributed by atoms with Crippen molar-refractivity contribution in [2.24, 2.45) is 0 Å². The van der Waals surface area contributed by atoms with E-state index in [1.807, 2.05) is 23.6 Å². The maximum atomic E-state index is 11.6.